The second-order valence-electron chi connectivity index (χ2n) is 10.1. The predicted molar refractivity (Wildman–Crippen MR) is 168 cm³/mol. The number of nitrogens with one attached hydrogen (secondary N) is 3. The van der Waals surface area contributed by atoms with Gasteiger partial charge in [-0.15, -0.1) is 0 Å². The molecule has 7 nitrogen and oxygen atoms in total. The largest absolute Gasteiger partial charge is 0.494 e. The molecule has 0 spiro atoms. The van der Waals surface area contributed by atoms with Crippen molar-refractivity contribution in [2.24, 2.45) is 7.05 Å². The molecule has 5 rings (SSSR count). The second kappa shape index (κ2) is 12.7. The summed E-state index contributed by atoms with van der Waals surface area (Å²) in [4.78, 5) is 29.0. The number of hydrogen-bond acceptors (Lipinski definition) is 4. The van der Waals surface area contributed by atoms with Crippen molar-refractivity contribution in [3.8, 4) is 5.75 Å². The number of nitrogens with zero attached hydrogens (tertiary/aromatic N) is 1. The third kappa shape index (κ3) is 6.55. The fourth-order valence-corrected chi connectivity index (χ4v) is 5.64. The smallest absolute Gasteiger partial charge is 0.277 e. The number of rotatable bonds is 11. The van der Waals surface area contributed by atoms with Crippen molar-refractivity contribution in [3.05, 3.63) is 99.8 Å². The van der Waals surface area contributed by atoms with Crippen LogP contribution in [0.3, 0.4) is 0 Å². The highest BCUT2D eigenvalue weighted by Gasteiger charge is 2.18. The van der Waals surface area contributed by atoms with E-state index in [-0.39, 0.29) is 11.8 Å². The van der Waals surface area contributed by atoms with Crippen molar-refractivity contribution < 1.29 is 14.3 Å². The molecule has 9 heteroatoms. The summed E-state index contributed by atoms with van der Waals surface area (Å²) >= 11 is 7.55. The van der Waals surface area contributed by atoms with Crippen molar-refractivity contribution in [1.82, 2.24) is 19.6 Å². The zero-order chi connectivity index (χ0) is 28.9. The van der Waals surface area contributed by atoms with Crippen molar-refractivity contribution >= 4 is 57.2 Å². The summed E-state index contributed by atoms with van der Waals surface area (Å²) in [5.41, 5.74) is 6.12. The summed E-state index contributed by atoms with van der Waals surface area (Å²) in [6, 6.07) is 19.5. The SMILES string of the molecule is Cc1cc(OCCCc2c(C(=O)NSCCNC(=O)c3ccc4c(ccn4C)c3)[nH]c3ccccc23)cc(C)c1Cl. The van der Waals surface area contributed by atoms with E-state index >= 15 is 0 Å². The first-order chi connectivity index (χ1) is 19.8. The number of halogens is 1. The van der Waals surface area contributed by atoms with Gasteiger partial charge in [-0.25, -0.2) is 0 Å². The number of fused-ring (bicyclic) bond motifs is 2. The molecule has 0 bridgehead atoms. The van der Waals surface area contributed by atoms with E-state index < -0.39 is 0 Å². The van der Waals surface area contributed by atoms with Crippen molar-refractivity contribution in [2.45, 2.75) is 26.7 Å². The average molecular weight is 589 g/mol. The molecule has 41 heavy (non-hydrogen) atoms. The molecule has 0 saturated carbocycles. The number of H-pyrrole nitrogens is 1. The summed E-state index contributed by atoms with van der Waals surface area (Å²) in [5.74, 6) is 1.01. The van der Waals surface area contributed by atoms with Crippen LogP contribution in [-0.4, -0.2) is 40.3 Å². The molecule has 0 aliphatic heterocycles. The number of carbonyl (C=O) groups excluding carboxylic acids is 2. The average Bonchev–Trinajstić information content (AvgIpc) is 3.53. The number of hydrogen-bond donors (Lipinski definition) is 3. The maximum atomic E-state index is 13.1. The zero-order valence-electron chi connectivity index (χ0n) is 23.3. The van der Waals surface area contributed by atoms with E-state index in [2.05, 4.69) is 15.0 Å². The van der Waals surface area contributed by atoms with Crippen LogP contribution in [-0.2, 0) is 13.5 Å². The molecule has 2 amide bonds. The lowest BCUT2D eigenvalue weighted by Gasteiger charge is -2.11. The lowest BCUT2D eigenvalue weighted by atomic mass is 10.1. The minimum Gasteiger partial charge on any atom is -0.494 e. The van der Waals surface area contributed by atoms with Gasteiger partial charge < -0.3 is 19.6 Å². The lowest BCUT2D eigenvalue weighted by molar-refractivity contribution is 0.0955. The molecular weight excluding hydrogens is 556 g/mol. The van der Waals surface area contributed by atoms with Crippen LogP contribution < -0.4 is 14.8 Å². The highest BCUT2D eigenvalue weighted by Crippen LogP contribution is 2.27. The molecule has 3 aromatic carbocycles. The molecule has 0 saturated heterocycles. The van der Waals surface area contributed by atoms with E-state index in [1.54, 1.807) is 0 Å². The molecule has 2 aromatic heterocycles. The third-order valence-corrected chi connectivity index (χ3v) is 8.43. The molecule has 212 valence electrons. The van der Waals surface area contributed by atoms with Gasteiger partial charge >= 0.3 is 0 Å². The lowest BCUT2D eigenvalue weighted by Crippen LogP contribution is -2.27. The normalized spacial score (nSPS) is 11.2. The number of amides is 2. The Morgan fingerprint density at radius 2 is 1.80 bits per heavy atom. The number of ether oxygens (including phenoxy) is 1. The van der Waals surface area contributed by atoms with Crippen molar-refractivity contribution in [3.63, 3.8) is 0 Å². The van der Waals surface area contributed by atoms with Gasteiger partial charge in [0.15, 0.2) is 0 Å². The molecule has 0 aliphatic rings. The molecule has 5 aromatic rings. The summed E-state index contributed by atoms with van der Waals surface area (Å²) in [6.07, 6.45) is 3.41. The molecular formula is C32H33ClN4O3S. The van der Waals surface area contributed by atoms with Crippen LogP contribution in [0.25, 0.3) is 21.8 Å². The van der Waals surface area contributed by atoms with E-state index in [9.17, 15) is 9.59 Å². The second-order valence-corrected chi connectivity index (χ2v) is 11.4. The van der Waals surface area contributed by atoms with E-state index in [1.807, 2.05) is 92.3 Å². The van der Waals surface area contributed by atoms with Gasteiger partial charge in [-0.2, -0.15) is 0 Å². The van der Waals surface area contributed by atoms with Gasteiger partial charge in [0.2, 0.25) is 0 Å². The van der Waals surface area contributed by atoms with Crippen molar-refractivity contribution in [2.75, 3.05) is 18.9 Å². The van der Waals surface area contributed by atoms with Crippen LogP contribution in [0.1, 0.15) is 44.0 Å². The van der Waals surface area contributed by atoms with Gasteiger partial charge in [0.1, 0.15) is 11.4 Å². The molecule has 0 unspecified atom stereocenters. The van der Waals surface area contributed by atoms with Gasteiger partial charge in [0, 0.05) is 57.9 Å². The Bertz CT molecular complexity index is 1700. The standard InChI is InChI=1S/C32H33ClN4O3S/c1-20-17-24(18-21(2)29(20)33)40-15-6-8-26-25-7-4-5-9-27(25)35-30(26)32(39)36-41-16-13-34-31(38)23-10-11-28-22(19-23)12-14-37(28)3/h4-5,7,9-12,14,17-19,35H,6,8,13,15-16H2,1-3H3,(H,34,38)(H,36,39). The Kier molecular flexibility index (Phi) is 8.90. The van der Waals surface area contributed by atoms with E-state index in [1.165, 1.54) is 11.9 Å². The first-order valence-corrected chi connectivity index (χ1v) is 14.9. The van der Waals surface area contributed by atoms with Crippen LogP contribution >= 0.6 is 23.5 Å². The van der Waals surface area contributed by atoms with Gasteiger partial charge in [0.25, 0.3) is 11.8 Å². The topological polar surface area (TPSA) is 88.2 Å². The fraction of sp³-hybridized carbons (Fsp3) is 0.250. The Labute approximate surface area is 248 Å². The number of aryl methyl sites for hydroxylation is 4. The molecule has 2 heterocycles. The van der Waals surface area contributed by atoms with Crippen LogP contribution in [0, 0.1) is 13.8 Å². The fourth-order valence-electron chi connectivity index (χ4n) is 4.99. The summed E-state index contributed by atoms with van der Waals surface area (Å²) in [5, 5.41) is 5.75. The molecule has 0 fully saturated rings. The molecule has 0 atom stereocenters. The Morgan fingerprint density at radius 1 is 1.02 bits per heavy atom. The number of aromatic nitrogens is 2. The van der Waals surface area contributed by atoms with Gasteiger partial charge in [-0.3, -0.25) is 14.3 Å². The molecule has 0 aliphatic carbocycles. The summed E-state index contributed by atoms with van der Waals surface area (Å²) in [7, 11) is 1.98. The summed E-state index contributed by atoms with van der Waals surface area (Å²) in [6.45, 7) is 4.88. The maximum absolute atomic E-state index is 13.1. The van der Waals surface area contributed by atoms with Crippen molar-refractivity contribution in [1.29, 1.82) is 0 Å². The van der Waals surface area contributed by atoms with Crippen LogP contribution in [0.15, 0.2) is 66.9 Å². The number of benzene rings is 3. The highest BCUT2D eigenvalue weighted by atomic mass is 35.5. The van der Waals surface area contributed by atoms with Crippen LogP contribution in [0.4, 0.5) is 0 Å². The van der Waals surface area contributed by atoms with E-state index in [0.717, 1.165) is 55.7 Å². The van der Waals surface area contributed by atoms with E-state index in [0.29, 0.717) is 36.6 Å². The van der Waals surface area contributed by atoms with Gasteiger partial charge in [-0.05, 0) is 97.8 Å². The third-order valence-electron chi connectivity index (χ3n) is 7.09. The Hall–Kier alpha value is -3.88. The predicted octanol–water partition coefficient (Wildman–Crippen LogP) is 6.75. The molecule has 0 radical (unpaired) electrons. The first-order valence-electron chi connectivity index (χ1n) is 13.6. The van der Waals surface area contributed by atoms with E-state index in [4.69, 9.17) is 16.3 Å². The minimum atomic E-state index is -0.188. The first kappa shape index (κ1) is 28.6. The monoisotopic (exact) mass is 588 g/mol. The minimum absolute atomic E-state index is 0.133. The maximum Gasteiger partial charge on any atom is 0.277 e. The molecule has 3 N–H and O–H groups in total. The summed E-state index contributed by atoms with van der Waals surface area (Å²) < 4.78 is 10.9. The van der Waals surface area contributed by atoms with Crippen LogP contribution in [0.5, 0.6) is 5.75 Å². The Balaban J connectivity index is 1.13. The number of aromatic amines is 1. The zero-order valence-corrected chi connectivity index (χ0v) is 24.9. The highest BCUT2D eigenvalue weighted by molar-refractivity contribution is 7.97. The van der Waals surface area contributed by atoms with Gasteiger partial charge in [-0.1, -0.05) is 29.8 Å². The van der Waals surface area contributed by atoms with Gasteiger partial charge in [0.05, 0.1) is 6.61 Å². The number of para-hydroxylation sites is 1. The Morgan fingerprint density at radius 3 is 2.61 bits per heavy atom. The number of carbonyl (C=O) groups is 2. The van der Waals surface area contributed by atoms with Crippen LogP contribution in [0.2, 0.25) is 5.02 Å². The quantitative estimate of drug-likeness (QED) is 0.118.